The van der Waals surface area contributed by atoms with Crippen molar-refractivity contribution in [2.24, 2.45) is 11.8 Å². The molecule has 224 valence electrons. The number of piperidine rings is 1. The number of aliphatic hydroxyl groups is 1. The maximum absolute atomic E-state index is 13.4. The van der Waals surface area contributed by atoms with Crippen LogP contribution in [-0.2, 0) is 25.8 Å². The first-order valence-corrected chi connectivity index (χ1v) is 16.5. The number of ether oxygens (including phenoxy) is 1. The SMILES string of the molecule is C[C@@H]1[C@H](OC(=O)N[C@@H](Cc2ccccc2)[C@H](O)CN2C[C@H]3CCCC[C@H]3C[C@H]2C(=O)NC(C)(C)C)CCS1(=O)=O. The van der Waals surface area contributed by atoms with E-state index in [9.17, 15) is 23.1 Å². The maximum Gasteiger partial charge on any atom is 0.407 e. The maximum atomic E-state index is 13.4. The summed E-state index contributed by atoms with van der Waals surface area (Å²) in [7, 11) is -3.27. The number of carbonyl (C=O) groups excluding carboxylic acids is 2. The van der Waals surface area contributed by atoms with E-state index in [-0.39, 0.29) is 36.2 Å². The average molecular weight is 578 g/mol. The highest BCUT2D eigenvalue weighted by Crippen LogP contribution is 2.39. The second-order valence-corrected chi connectivity index (χ2v) is 15.5. The highest BCUT2D eigenvalue weighted by atomic mass is 32.2. The Kier molecular flexibility index (Phi) is 9.83. The summed E-state index contributed by atoms with van der Waals surface area (Å²) in [5.41, 5.74) is 0.577. The summed E-state index contributed by atoms with van der Waals surface area (Å²) in [5.74, 6) is 0.982. The molecule has 3 N–H and O–H groups in total. The van der Waals surface area contributed by atoms with Crippen LogP contribution >= 0.6 is 0 Å². The number of aliphatic hydroxyl groups excluding tert-OH is 1. The fourth-order valence-electron chi connectivity index (χ4n) is 6.56. The molecule has 0 aromatic heterocycles. The lowest BCUT2D eigenvalue weighted by molar-refractivity contribution is -0.132. The molecule has 2 heterocycles. The molecule has 3 fully saturated rings. The van der Waals surface area contributed by atoms with E-state index in [0.29, 0.717) is 18.3 Å². The monoisotopic (exact) mass is 577 g/mol. The third-order valence-electron chi connectivity index (χ3n) is 8.83. The first kappa shape index (κ1) is 30.8. The number of hydrogen-bond acceptors (Lipinski definition) is 7. The highest BCUT2D eigenvalue weighted by molar-refractivity contribution is 7.92. The Morgan fingerprint density at radius 2 is 1.77 bits per heavy atom. The lowest BCUT2D eigenvalue weighted by Crippen LogP contribution is -2.60. The molecule has 1 aromatic carbocycles. The summed E-state index contributed by atoms with van der Waals surface area (Å²) in [4.78, 5) is 28.5. The van der Waals surface area contributed by atoms with Crippen LogP contribution in [0.25, 0.3) is 0 Å². The van der Waals surface area contributed by atoms with Crippen molar-refractivity contribution in [1.82, 2.24) is 15.5 Å². The number of rotatable bonds is 8. The van der Waals surface area contributed by atoms with Gasteiger partial charge in [0.25, 0.3) is 0 Å². The second kappa shape index (κ2) is 12.8. The number of β-amino-alcohol motifs (C(OH)–C–C–N with tert-alkyl or cyclic N) is 1. The molecule has 7 atom stereocenters. The minimum absolute atomic E-state index is 0.00266. The van der Waals surface area contributed by atoms with Gasteiger partial charge in [0.15, 0.2) is 9.84 Å². The van der Waals surface area contributed by atoms with E-state index in [1.807, 2.05) is 51.1 Å². The third-order valence-corrected chi connectivity index (χ3v) is 11.1. The van der Waals surface area contributed by atoms with Gasteiger partial charge in [-0.05, 0) is 70.8 Å². The van der Waals surface area contributed by atoms with Gasteiger partial charge in [0.05, 0.1) is 29.2 Å². The molecule has 0 bridgehead atoms. The Morgan fingerprint density at radius 3 is 2.40 bits per heavy atom. The molecule has 1 aliphatic carbocycles. The number of fused-ring (bicyclic) bond motifs is 1. The lowest BCUT2D eigenvalue weighted by Gasteiger charge is -2.47. The van der Waals surface area contributed by atoms with Crippen molar-refractivity contribution in [3.8, 4) is 0 Å². The van der Waals surface area contributed by atoms with Crippen LogP contribution < -0.4 is 10.6 Å². The molecule has 0 radical (unpaired) electrons. The van der Waals surface area contributed by atoms with Crippen molar-refractivity contribution >= 4 is 21.8 Å². The van der Waals surface area contributed by atoms with Crippen LogP contribution in [0, 0.1) is 11.8 Å². The number of amides is 2. The van der Waals surface area contributed by atoms with Crippen LogP contribution in [0.4, 0.5) is 4.79 Å². The van der Waals surface area contributed by atoms with Gasteiger partial charge in [-0.25, -0.2) is 13.2 Å². The number of carbonyl (C=O) groups is 2. The fourth-order valence-corrected chi connectivity index (χ4v) is 8.14. The smallest absolute Gasteiger partial charge is 0.407 e. The largest absolute Gasteiger partial charge is 0.445 e. The van der Waals surface area contributed by atoms with Gasteiger partial charge in [-0.1, -0.05) is 49.6 Å². The number of sulfone groups is 1. The number of nitrogens with zero attached hydrogens (tertiary/aromatic N) is 1. The van der Waals surface area contributed by atoms with Crippen molar-refractivity contribution in [2.45, 2.75) is 108 Å². The summed E-state index contributed by atoms with van der Waals surface area (Å²) in [5, 5.41) is 16.8. The summed E-state index contributed by atoms with van der Waals surface area (Å²) in [6, 6.07) is 8.56. The molecule has 3 aliphatic rings. The Labute approximate surface area is 239 Å². The zero-order valence-electron chi connectivity index (χ0n) is 24.3. The molecule has 2 aliphatic heterocycles. The number of benzene rings is 1. The third kappa shape index (κ3) is 7.97. The minimum Gasteiger partial charge on any atom is -0.445 e. The van der Waals surface area contributed by atoms with E-state index in [1.54, 1.807) is 6.92 Å². The molecule has 0 unspecified atom stereocenters. The average Bonchev–Trinajstić information content (AvgIpc) is 3.14. The molecule has 2 amide bonds. The molecule has 2 saturated heterocycles. The predicted molar refractivity (Wildman–Crippen MR) is 155 cm³/mol. The summed E-state index contributed by atoms with van der Waals surface area (Å²) < 4.78 is 29.8. The Balaban J connectivity index is 1.49. The number of likely N-dealkylation sites (tertiary alicyclic amines) is 1. The van der Waals surface area contributed by atoms with E-state index < -0.39 is 39.4 Å². The standard InChI is InChI=1S/C30H47N3O6S/c1-20-27(14-15-40(20,37)38)39-29(36)31-24(16-21-10-6-5-7-11-21)26(34)19-33-18-23-13-9-8-12-22(23)17-25(33)28(35)32-30(2,3)4/h5-7,10-11,20,22-27,34H,8-9,12-19H2,1-4H3,(H,31,36)(H,32,35)/t20-,22+,23-,24+,25+,26-,27-/m1/s1. The van der Waals surface area contributed by atoms with Gasteiger partial charge in [0.2, 0.25) is 5.91 Å². The zero-order chi connectivity index (χ0) is 29.1. The van der Waals surface area contributed by atoms with Gasteiger partial charge >= 0.3 is 6.09 Å². The van der Waals surface area contributed by atoms with E-state index in [4.69, 9.17) is 4.74 Å². The number of nitrogens with one attached hydrogen (secondary N) is 2. The topological polar surface area (TPSA) is 125 Å². The van der Waals surface area contributed by atoms with Crippen molar-refractivity contribution in [3.63, 3.8) is 0 Å². The molecular weight excluding hydrogens is 530 g/mol. The Morgan fingerprint density at radius 1 is 1.10 bits per heavy atom. The van der Waals surface area contributed by atoms with Gasteiger partial charge in [-0.2, -0.15) is 0 Å². The zero-order valence-corrected chi connectivity index (χ0v) is 25.2. The molecule has 9 nitrogen and oxygen atoms in total. The van der Waals surface area contributed by atoms with E-state index in [2.05, 4.69) is 15.5 Å². The van der Waals surface area contributed by atoms with Crippen molar-refractivity contribution in [1.29, 1.82) is 0 Å². The normalized spacial score (nSPS) is 30.1. The van der Waals surface area contributed by atoms with Crippen LogP contribution in [0.3, 0.4) is 0 Å². The van der Waals surface area contributed by atoms with Crippen LogP contribution in [-0.4, -0.2) is 84.3 Å². The first-order valence-electron chi connectivity index (χ1n) is 14.8. The molecule has 4 rings (SSSR count). The van der Waals surface area contributed by atoms with Gasteiger partial charge in [-0.15, -0.1) is 0 Å². The van der Waals surface area contributed by atoms with Crippen LogP contribution in [0.2, 0.25) is 0 Å². The van der Waals surface area contributed by atoms with Crippen molar-refractivity contribution in [3.05, 3.63) is 35.9 Å². The van der Waals surface area contributed by atoms with Gasteiger partial charge in [-0.3, -0.25) is 9.69 Å². The Bertz CT molecular complexity index is 1120. The molecule has 0 spiro atoms. The summed E-state index contributed by atoms with van der Waals surface area (Å²) >= 11 is 0. The van der Waals surface area contributed by atoms with Gasteiger partial charge in [0.1, 0.15) is 6.10 Å². The number of alkyl carbamates (subject to hydrolysis) is 1. The van der Waals surface area contributed by atoms with E-state index in [1.165, 1.54) is 12.8 Å². The van der Waals surface area contributed by atoms with Crippen molar-refractivity contribution in [2.75, 3.05) is 18.8 Å². The fraction of sp³-hybridized carbons (Fsp3) is 0.733. The van der Waals surface area contributed by atoms with Gasteiger partial charge in [0, 0.05) is 18.6 Å². The minimum atomic E-state index is -3.27. The quantitative estimate of drug-likeness (QED) is 0.434. The number of hydrogen-bond donors (Lipinski definition) is 3. The molecule has 1 aromatic rings. The predicted octanol–water partition coefficient (Wildman–Crippen LogP) is 3.06. The Hall–Kier alpha value is -2.17. The van der Waals surface area contributed by atoms with Crippen LogP contribution in [0.15, 0.2) is 30.3 Å². The molecule has 1 saturated carbocycles. The highest BCUT2D eigenvalue weighted by Gasteiger charge is 2.42. The summed E-state index contributed by atoms with van der Waals surface area (Å²) in [6.45, 7) is 8.45. The lowest BCUT2D eigenvalue weighted by atomic mass is 9.72. The first-order chi connectivity index (χ1) is 18.8. The van der Waals surface area contributed by atoms with Crippen LogP contribution in [0.1, 0.15) is 71.8 Å². The molecule has 10 heteroatoms. The second-order valence-electron chi connectivity index (χ2n) is 13.1. The van der Waals surface area contributed by atoms with E-state index >= 15 is 0 Å². The van der Waals surface area contributed by atoms with E-state index in [0.717, 1.165) is 31.4 Å². The van der Waals surface area contributed by atoms with Gasteiger partial charge < -0.3 is 20.5 Å². The molecular formula is C30H47N3O6S. The summed E-state index contributed by atoms with van der Waals surface area (Å²) in [6.07, 6.45) is 3.65. The van der Waals surface area contributed by atoms with Crippen LogP contribution in [0.5, 0.6) is 0 Å². The van der Waals surface area contributed by atoms with Crippen molar-refractivity contribution < 1.29 is 27.9 Å². The molecule has 40 heavy (non-hydrogen) atoms.